The van der Waals surface area contributed by atoms with E-state index in [9.17, 15) is 9.18 Å². The van der Waals surface area contributed by atoms with E-state index in [-0.39, 0.29) is 17.8 Å². The van der Waals surface area contributed by atoms with Crippen LogP contribution in [0, 0.1) is 5.82 Å². The van der Waals surface area contributed by atoms with Gasteiger partial charge in [0.2, 0.25) is 5.91 Å². The molecule has 0 bridgehead atoms. The number of imidazole rings is 1. The summed E-state index contributed by atoms with van der Waals surface area (Å²) in [6, 6.07) is 16.0. The first-order valence-corrected chi connectivity index (χ1v) is 10.2. The molecule has 0 saturated carbocycles. The first-order chi connectivity index (χ1) is 14.7. The zero-order chi connectivity index (χ0) is 20.5. The highest BCUT2D eigenvalue weighted by molar-refractivity contribution is 5.80. The first kappa shape index (κ1) is 18.6. The summed E-state index contributed by atoms with van der Waals surface area (Å²) in [5.74, 6) is 0.568. The molecule has 1 atom stereocenters. The van der Waals surface area contributed by atoms with E-state index in [4.69, 9.17) is 4.42 Å². The molecule has 0 unspecified atom stereocenters. The molecular formula is C24H22FN3O2. The molecule has 5 rings (SSSR count). The molecule has 3 heterocycles. The second-order valence-corrected chi connectivity index (χ2v) is 7.67. The molecule has 1 aliphatic heterocycles. The number of hydrogen-bond acceptors (Lipinski definition) is 3. The highest BCUT2D eigenvalue weighted by Crippen LogP contribution is 2.36. The Labute approximate surface area is 173 Å². The van der Waals surface area contributed by atoms with Gasteiger partial charge in [-0.25, -0.2) is 9.37 Å². The van der Waals surface area contributed by atoms with Crippen LogP contribution in [-0.4, -0.2) is 27.3 Å². The van der Waals surface area contributed by atoms with E-state index in [0.29, 0.717) is 19.4 Å². The number of amides is 1. The maximum absolute atomic E-state index is 13.2. The van der Waals surface area contributed by atoms with E-state index in [1.807, 2.05) is 35.2 Å². The largest absolute Gasteiger partial charge is 0.458 e. The predicted molar refractivity (Wildman–Crippen MR) is 111 cm³/mol. The molecule has 30 heavy (non-hydrogen) atoms. The lowest BCUT2D eigenvalue weighted by Crippen LogP contribution is -2.40. The molecule has 0 spiro atoms. The van der Waals surface area contributed by atoms with Crippen LogP contribution >= 0.6 is 0 Å². The van der Waals surface area contributed by atoms with Gasteiger partial charge in [0.15, 0.2) is 0 Å². The highest BCUT2D eigenvalue weighted by Gasteiger charge is 2.35. The quantitative estimate of drug-likeness (QED) is 0.521. The maximum Gasteiger partial charge on any atom is 0.223 e. The molecule has 2 aromatic heterocycles. The molecule has 152 valence electrons. The Hall–Kier alpha value is -3.41. The van der Waals surface area contributed by atoms with E-state index < -0.39 is 0 Å². The van der Waals surface area contributed by atoms with Gasteiger partial charge >= 0.3 is 0 Å². The van der Waals surface area contributed by atoms with E-state index in [1.165, 1.54) is 12.1 Å². The van der Waals surface area contributed by atoms with Gasteiger partial charge in [-0.2, -0.15) is 0 Å². The van der Waals surface area contributed by atoms with Crippen LogP contribution in [0.1, 0.15) is 41.6 Å². The molecule has 1 aliphatic rings. The third-order valence-corrected chi connectivity index (χ3v) is 5.73. The summed E-state index contributed by atoms with van der Waals surface area (Å²) >= 11 is 0. The second kappa shape index (κ2) is 7.78. The average Bonchev–Trinajstić information content (AvgIpc) is 3.41. The van der Waals surface area contributed by atoms with Gasteiger partial charge in [-0.05, 0) is 42.7 Å². The number of aryl methyl sites for hydroxylation is 1. The molecule has 0 aliphatic carbocycles. The van der Waals surface area contributed by atoms with Crippen molar-refractivity contribution < 1.29 is 13.6 Å². The van der Waals surface area contributed by atoms with E-state index in [1.54, 1.807) is 18.5 Å². The summed E-state index contributed by atoms with van der Waals surface area (Å²) in [5.41, 5.74) is 3.74. The molecule has 2 aromatic carbocycles. The Morgan fingerprint density at radius 3 is 2.87 bits per heavy atom. The van der Waals surface area contributed by atoms with Gasteiger partial charge in [0.1, 0.15) is 23.2 Å². The van der Waals surface area contributed by atoms with Gasteiger partial charge in [0.25, 0.3) is 0 Å². The van der Waals surface area contributed by atoms with Crippen molar-refractivity contribution in [2.24, 2.45) is 0 Å². The molecule has 4 aromatic rings. The fraction of sp³-hybridized carbons (Fsp3) is 0.250. The van der Waals surface area contributed by atoms with Gasteiger partial charge in [0.05, 0.1) is 12.0 Å². The first-order valence-electron chi connectivity index (χ1n) is 10.2. The third-order valence-electron chi connectivity index (χ3n) is 5.73. The number of para-hydroxylation sites is 1. The molecule has 0 fully saturated rings. The Bertz CT molecular complexity index is 1150. The van der Waals surface area contributed by atoms with E-state index in [2.05, 4.69) is 9.97 Å². The van der Waals surface area contributed by atoms with E-state index >= 15 is 0 Å². The molecular weight excluding hydrogens is 381 g/mol. The number of carbonyl (C=O) groups is 1. The van der Waals surface area contributed by atoms with Crippen molar-refractivity contribution in [3.8, 4) is 0 Å². The Morgan fingerprint density at radius 2 is 2.03 bits per heavy atom. The lowest BCUT2D eigenvalue weighted by Gasteiger charge is -2.33. The average molecular weight is 403 g/mol. The number of aromatic nitrogens is 2. The van der Waals surface area contributed by atoms with Crippen molar-refractivity contribution in [3.63, 3.8) is 0 Å². The smallest absolute Gasteiger partial charge is 0.223 e. The van der Waals surface area contributed by atoms with Gasteiger partial charge in [0, 0.05) is 30.5 Å². The van der Waals surface area contributed by atoms with Gasteiger partial charge in [-0.15, -0.1) is 0 Å². The molecule has 0 radical (unpaired) electrons. The number of nitrogens with zero attached hydrogens (tertiary/aromatic N) is 2. The number of nitrogens with one attached hydrogen (secondary N) is 1. The summed E-state index contributed by atoms with van der Waals surface area (Å²) in [6.07, 6.45) is 4.30. The number of rotatable bonds is 5. The van der Waals surface area contributed by atoms with Gasteiger partial charge in [-0.1, -0.05) is 30.3 Å². The van der Waals surface area contributed by atoms with Crippen LogP contribution in [0.3, 0.4) is 0 Å². The molecule has 1 amide bonds. The van der Waals surface area contributed by atoms with Crippen molar-refractivity contribution >= 4 is 16.9 Å². The predicted octanol–water partition coefficient (Wildman–Crippen LogP) is 4.79. The van der Waals surface area contributed by atoms with Crippen LogP contribution in [0.5, 0.6) is 0 Å². The number of hydrogen-bond donors (Lipinski definition) is 1. The number of H-pyrrole nitrogens is 1. The molecule has 0 saturated heterocycles. The zero-order valence-corrected chi connectivity index (χ0v) is 16.5. The normalized spacial score (nSPS) is 16.0. The monoisotopic (exact) mass is 403 g/mol. The Morgan fingerprint density at radius 1 is 1.20 bits per heavy atom. The Balaban J connectivity index is 1.37. The van der Waals surface area contributed by atoms with Crippen LogP contribution in [0.15, 0.2) is 65.3 Å². The summed E-state index contributed by atoms with van der Waals surface area (Å²) in [5, 5.41) is 1.01. The van der Waals surface area contributed by atoms with E-state index in [0.717, 1.165) is 46.5 Å². The fourth-order valence-corrected chi connectivity index (χ4v) is 4.21. The minimum Gasteiger partial charge on any atom is -0.458 e. The van der Waals surface area contributed by atoms with Crippen LogP contribution in [0.25, 0.3) is 11.0 Å². The molecule has 1 N–H and O–H groups in total. The van der Waals surface area contributed by atoms with Gasteiger partial charge in [-0.3, -0.25) is 4.79 Å². The number of halogens is 1. The van der Waals surface area contributed by atoms with Crippen molar-refractivity contribution in [2.75, 3.05) is 6.54 Å². The summed E-state index contributed by atoms with van der Waals surface area (Å²) in [7, 11) is 0. The van der Waals surface area contributed by atoms with Crippen molar-refractivity contribution in [1.82, 2.24) is 14.9 Å². The summed E-state index contributed by atoms with van der Waals surface area (Å²) in [4.78, 5) is 22.7. The van der Waals surface area contributed by atoms with Crippen molar-refractivity contribution in [1.29, 1.82) is 0 Å². The van der Waals surface area contributed by atoms with Crippen molar-refractivity contribution in [3.05, 3.63) is 89.5 Å². The minimum absolute atomic E-state index is 0.0798. The number of aromatic amines is 1. The third kappa shape index (κ3) is 3.49. The van der Waals surface area contributed by atoms with Crippen LogP contribution in [-0.2, 0) is 17.6 Å². The minimum atomic E-state index is -0.328. The number of furan rings is 1. The van der Waals surface area contributed by atoms with Gasteiger partial charge < -0.3 is 14.3 Å². The number of carbonyl (C=O) groups excluding carboxylic acids is 1. The highest BCUT2D eigenvalue weighted by atomic mass is 19.1. The number of benzene rings is 2. The maximum atomic E-state index is 13.2. The standard InChI is InChI=1S/C24H22FN3O2/c25-18-10-8-16(9-11-18)4-3-7-22(29)28-13-12-19-23(27-15-26-19)24(28)21-14-17-5-1-2-6-20(17)30-21/h1-2,5-6,8-11,14-15,24H,3-4,7,12-13H2,(H,26,27)/t24-/m1/s1. The molecule has 5 nitrogen and oxygen atoms in total. The second-order valence-electron chi connectivity index (χ2n) is 7.67. The topological polar surface area (TPSA) is 62.1 Å². The lowest BCUT2D eigenvalue weighted by molar-refractivity contribution is -0.133. The molecule has 6 heteroatoms. The van der Waals surface area contributed by atoms with Crippen LogP contribution in [0.4, 0.5) is 4.39 Å². The van der Waals surface area contributed by atoms with Crippen LogP contribution in [0.2, 0.25) is 0 Å². The lowest BCUT2D eigenvalue weighted by atomic mass is 9.99. The zero-order valence-electron chi connectivity index (χ0n) is 16.5. The summed E-state index contributed by atoms with van der Waals surface area (Å²) < 4.78 is 19.2. The summed E-state index contributed by atoms with van der Waals surface area (Å²) in [6.45, 7) is 0.617. The Kier molecular flexibility index (Phi) is 4.83. The fourth-order valence-electron chi connectivity index (χ4n) is 4.21. The SMILES string of the molecule is O=C(CCCc1ccc(F)cc1)N1CCc2[nH]cnc2[C@H]1c1cc2ccccc2o1. The van der Waals surface area contributed by atoms with Crippen LogP contribution < -0.4 is 0 Å². The van der Waals surface area contributed by atoms with Crippen molar-refractivity contribution in [2.45, 2.75) is 31.7 Å². The number of fused-ring (bicyclic) bond motifs is 2.